The molecule has 3 nitrogen and oxygen atoms in total. The fourth-order valence-corrected chi connectivity index (χ4v) is 2.56. The number of nitrogens with zero attached hydrogens (tertiary/aromatic N) is 2. The SMILES string of the molecule is CCC1C(=O)N(C)CC1Cc1ccccn1. The molecule has 2 atom stereocenters. The normalized spacial score (nSPS) is 25.1. The van der Waals surface area contributed by atoms with Crippen molar-refractivity contribution < 1.29 is 4.79 Å². The van der Waals surface area contributed by atoms with E-state index < -0.39 is 0 Å². The molecule has 1 aromatic rings. The second-order valence-corrected chi connectivity index (χ2v) is 4.52. The Morgan fingerprint density at radius 3 is 2.94 bits per heavy atom. The van der Waals surface area contributed by atoms with Crippen molar-refractivity contribution in [2.75, 3.05) is 13.6 Å². The van der Waals surface area contributed by atoms with Crippen molar-refractivity contribution in [3.63, 3.8) is 0 Å². The van der Waals surface area contributed by atoms with Gasteiger partial charge in [0.15, 0.2) is 0 Å². The standard InChI is InChI=1S/C13H18N2O/c1-3-12-10(9-15(2)13(12)16)8-11-6-4-5-7-14-11/h4-7,10,12H,3,8-9H2,1-2H3. The zero-order valence-corrected chi connectivity index (χ0v) is 9.89. The molecule has 2 rings (SSSR count). The summed E-state index contributed by atoms with van der Waals surface area (Å²) in [7, 11) is 1.89. The van der Waals surface area contributed by atoms with Gasteiger partial charge in [-0.05, 0) is 30.9 Å². The van der Waals surface area contributed by atoms with E-state index in [4.69, 9.17) is 0 Å². The number of amides is 1. The van der Waals surface area contributed by atoms with Crippen LogP contribution in [0.2, 0.25) is 0 Å². The molecular weight excluding hydrogens is 200 g/mol. The molecule has 1 aliphatic rings. The first-order chi connectivity index (χ1) is 7.72. The van der Waals surface area contributed by atoms with E-state index in [1.165, 1.54) is 0 Å². The van der Waals surface area contributed by atoms with E-state index in [1.54, 1.807) is 0 Å². The van der Waals surface area contributed by atoms with Gasteiger partial charge in [-0.1, -0.05) is 13.0 Å². The molecule has 0 bridgehead atoms. The van der Waals surface area contributed by atoms with Gasteiger partial charge in [0.25, 0.3) is 0 Å². The summed E-state index contributed by atoms with van der Waals surface area (Å²) in [5, 5.41) is 0. The smallest absolute Gasteiger partial charge is 0.225 e. The van der Waals surface area contributed by atoms with E-state index in [2.05, 4.69) is 11.9 Å². The van der Waals surface area contributed by atoms with Crippen LogP contribution < -0.4 is 0 Å². The van der Waals surface area contributed by atoms with Crippen LogP contribution in [0.3, 0.4) is 0 Å². The molecular formula is C13H18N2O. The fraction of sp³-hybridized carbons (Fsp3) is 0.538. The Balaban J connectivity index is 2.08. The number of hydrogen-bond donors (Lipinski definition) is 0. The van der Waals surface area contributed by atoms with Crippen LogP contribution in [-0.2, 0) is 11.2 Å². The molecule has 0 saturated carbocycles. The molecule has 0 radical (unpaired) electrons. The van der Waals surface area contributed by atoms with Gasteiger partial charge in [-0.3, -0.25) is 9.78 Å². The van der Waals surface area contributed by atoms with Gasteiger partial charge in [0.2, 0.25) is 5.91 Å². The molecule has 86 valence electrons. The van der Waals surface area contributed by atoms with Crippen molar-refractivity contribution in [1.29, 1.82) is 0 Å². The molecule has 0 aliphatic carbocycles. The van der Waals surface area contributed by atoms with Crippen LogP contribution in [0.5, 0.6) is 0 Å². The number of pyridine rings is 1. The number of aromatic nitrogens is 1. The monoisotopic (exact) mass is 218 g/mol. The first kappa shape index (κ1) is 11.1. The fourth-order valence-electron chi connectivity index (χ4n) is 2.56. The van der Waals surface area contributed by atoms with Crippen LogP contribution in [0.25, 0.3) is 0 Å². The molecule has 0 N–H and O–H groups in total. The summed E-state index contributed by atoms with van der Waals surface area (Å²) >= 11 is 0. The maximum atomic E-state index is 11.8. The minimum absolute atomic E-state index is 0.187. The molecule has 16 heavy (non-hydrogen) atoms. The van der Waals surface area contributed by atoms with Gasteiger partial charge in [-0.2, -0.15) is 0 Å². The Bertz CT molecular complexity index is 363. The lowest BCUT2D eigenvalue weighted by molar-refractivity contribution is -0.130. The van der Waals surface area contributed by atoms with Crippen molar-refractivity contribution in [1.82, 2.24) is 9.88 Å². The second-order valence-electron chi connectivity index (χ2n) is 4.52. The van der Waals surface area contributed by atoms with E-state index in [0.717, 1.165) is 25.1 Å². The largest absolute Gasteiger partial charge is 0.345 e. The van der Waals surface area contributed by atoms with Crippen molar-refractivity contribution >= 4 is 5.91 Å². The topological polar surface area (TPSA) is 33.2 Å². The van der Waals surface area contributed by atoms with Gasteiger partial charge in [0.05, 0.1) is 0 Å². The highest BCUT2D eigenvalue weighted by Gasteiger charge is 2.36. The van der Waals surface area contributed by atoms with E-state index in [9.17, 15) is 4.79 Å². The Labute approximate surface area is 96.5 Å². The highest BCUT2D eigenvalue weighted by atomic mass is 16.2. The Hall–Kier alpha value is -1.38. The molecule has 3 heteroatoms. The van der Waals surface area contributed by atoms with Crippen molar-refractivity contribution in [3.05, 3.63) is 30.1 Å². The van der Waals surface area contributed by atoms with Crippen molar-refractivity contribution in [2.24, 2.45) is 11.8 Å². The lowest BCUT2D eigenvalue weighted by atomic mass is 9.89. The molecule has 0 aromatic carbocycles. The van der Waals surface area contributed by atoms with E-state index >= 15 is 0 Å². The molecule has 1 saturated heterocycles. The Morgan fingerprint density at radius 1 is 1.50 bits per heavy atom. The number of hydrogen-bond acceptors (Lipinski definition) is 2. The van der Waals surface area contributed by atoms with Crippen LogP contribution in [0.1, 0.15) is 19.0 Å². The number of carbonyl (C=O) groups is 1. The van der Waals surface area contributed by atoms with Gasteiger partial charge in [-0.15, -0.1) is 0 Å². The van der Waals surface area contributed by atoms with Crippen molar-refractivity contribution in [2.45, 2.75) is 19.8 Å². The number of carbonyl (C=O) groups excluding carboxylic acids is 1. The first-order valence-corrected chi connectivity index (χ1v) is 5.87. The zero-order valence-electron chi connectivity index (χ0n) is 9.89. The molecule has 1 fully saturated rings. The third-order valence-corrected chi connectivity index (χ3v) is 3.41. The van der Waals surface area contributed by atoms with E-state index in [0.29, 0.717) is 11.8 Å². The summed E-state index contributed by atoms with van der Waals surface area (Å²) in [5.41, 5.74) is 1.09. The average Bonchev–Trinajstić information content (AvgIpc) is 2.56. The minimum atomic E-state index is 0.187. The molecule has 0 spiro atoms. The average molecular weight is 218 g/mol. The summed E-state index contributed by atoms with van der Waals surface area (Å²) in [6.07, 6.45) is 3.66. The summed E-state index contributed by atoms with van der Waals surface area (Å²) in [5.74, 6) is 0.910. The summed E-state index contributed by atoms with van der Waals surface area (Å²) in [6, 6.07) is 5.96. The number of likely N-dealkylation sites (tertiary alicyclic amines) is 1. The summed E-state index contributed by atoms with van der Waals surface area (Å²) in [6.45, 7) is 2.96. The van der Waals surface area contributed by atoms with Gasteiger partial charge < -0.3 is 4.90 Å². The van der Waals surface area contributed by atoms with Crippen LogP contribution in [-0.4, -0.2) is 29.4 Å². The lowest BCUT2D eigenvalue weighted by Crippen LogP contribution is -2.22. The first-order valence-electron chi connectivity index (χ1n) is 5.87. The lowest BCUT2D eigenvalue weighted by Gasteiger charge is -2.13. The second kappa shape index (κ2) is 4.64. The van der Waals surface area contributed by atoms with Crippen LogP contribution >= 0.6 is 0 Å². The zero-order chi connectivity index (χ0) is 11.5. The van der Waals surface area contributed by atoms with Gasteiger partial charge in [0.1, 0.15) is 0 Å². The third kappa shape index (κ3) is 2.08. The van der Waals surface area contributed by atoms with Crippen molar-refractivity contribution in [3.8, 4) is 0 Å². The predicted octanol–water partition coefficient (Wildman–Crippen LogP) is 1.74. The summed E-state index contributed by atoms with van der Waals surface area (Å²) < 4.78 is 0. The minimum Gasteiger partial charge on any atom is -0.345 e. The third-order valence-electron chi connectivity index (χ3n) is 3.41. The molecule has 1 aromatic heterocycles. The highest BCUT2D eigenvalue weighted by Crippen LogP contribution is 2.28. The molecule has 2 unspecified atom stereocenters. The molecule has 2 heterocycles. The Kier molecular flexibility index (Phi) is 3.22. The van der Waals surface area contributed by atoms with Gasteiger partial charge in [-0.25, -0.2) is 0 Å². The highest BCUT2D eigenvalue weighted by molar-refractivity contribution is 5.81. The van der Waals surface area contributed by atoms with Crippen LogP contribution in [0.15, 0.2) is 24.4 Å². The van der Waals surface area contributed by atoms with E-state index in [1.807, 2.05) is 36.3 Å². The van der Waals surface area contributed by atoms with E-state index in [-0.39, 0.29) is 5.92 Å². The maximum Gasteiger partial charge on any atom is 0.225 e. The number of rotatable bonds is 3. The van der Waals surface area contributed by atoms with Crippen LogP contribution in [0, 0.1) is 11.8 Å². The molecule has 1 aliphatic heterocycles. The maximum absolute atomic E-state index is 11.8. The quantitative estimate of drug-likeness (QED) is 0.774. The summed E-state index contributed by atoms with van der Waals surface area (Å²) in [4.78, 5) is 18.0. The van der Waals surface area contributed by atoms with Gasteiger partial charge >= 0.3 is 0 Å². The van der Waals surface area contributed by atoms with Gasteiger partial charge in [0, 0.05) is 31.4 Å². The van der Waals surface area contributed by atoms with Crippen LogP contribution in [0.4, 0.5) is 0 Å². The molecule has 1 amide bonds. The predicted molar refractivity (Wildman–Crippen MR) is 62.8 cm³/mol. The Morgan fingerprint density at radius 2 is 2.31 bits per heavy atom.